The fraction of sp³-hybridized carbons (Fsp3) is 0.500. The number of carbonyl (C=O) groups is 1. The van der Waals surface area contributed by atoms with Crippen molar-refractivity contribution < 1.29 is 14.3 Å². The molecule has 0 saturated carbocycles. The van der Waals surface area contributed by atoms with E-state index in [0.717, 1.165) is 5.76 Å². The Kier molecular flexibility index (Phi) is 3.30. The van der Waals surface area contributed by atoms with Gasteiger partial charge in [0, 0.05) is 12.0 Å². The van der Waals surface area contributed by atoms with Gasteiger partial charge in [0.15, 0.2) is 0 Å². The van der Waals surface area contributed by atoms with Crippen molar-refractivity contribution in [3.63, 3.8) is 0 Å². The Hall–Kier alpha value is -1.29. The van der Waals surface area contributed by atoms with Crippen LogP contribution in [0.3, 0.4) is 0 Å². The fourth-order valence-corrected chi connectivity index (χ4v) is 1.39. The number of rotatable bonds is 4. The van der Waals surface area contributed by atoms with Crippen molar-refractivity contribution in [2.75, 3.05) is 0 Å². The summed E-state index contributed by atoms with van der Waals surface area (Å²) in [6.45, 7) is 3.61. The molecule has 0 aliphatic rings. The smallest absolute Gasteiger partial charge is 0.304 e. The SMILES string of the molecule is Cc1ccc(C(CC(=O)O)C(C)N)o1. The Morgan fingerprint density at radius 2 is 2.29 bits per heavy atom. The van der Waals surface area contributed by atoms with Crippen LogP contribution in [0.15, 0.2) is 16.5 Å². The fourth-order valence-electron chi connectivity index (χ4n) is 1.39. The zero-order valence-electron chi connectivity index (χ0n) is 8.36. The first-order valence-electron chi connectivity index (χ1n) is 4.54. The monoisotopic (exact) mass is 197 g/mol. The summed E-state index contributed by atoms with van der Waals surface area (Å²) >= 11 is 0. The van der Waals surface area contributed by atoms with E-state index in [1.807, 2.05) is 13.0 Å². The van der Waals surface area contributed by atoms with Gasteiger partial charge in [0.25, 0.3) is 0 Å². The highest BCUT2D eigenvalue weighted by Gasteiger charge is 2.22. The second-order valence-electron chi connectivity index (χ2n) is 3.51. The molecule has 0 spiro atoms. The van der Waals surface area contributed by atoms with Gasteiger partial charge in [-0.25, -0.2) is 0 Å². The zero-order valence-corrected chi connectivity index (χ0v) is 8.36. The zero-order chi connectivity index (χ0) is 10.7. The summed E-state index contributed by atoms with van der Waals surface area (Å²) in [6, 6.07) is 3.37. The third-order valence-corrected chi connectivity index (χ3v) is 2.16. The van der Waals surface area contributed by atoms with Crippen LogP contribution in [0.25, 0.3) is 0 Å². The Morgan fingerprint density at radius 3 is 2.64 bits per heavy atom. The maximum absolute atomic E-state index is 10.6. The van der Waals surface area contributed by atoms with Gasteiger partial charge < -0.3 is 15.3 Å². The predicted octanol–water partition coefficient (Wildman–Crippen LogP) is 1.49. The molecule has 0 amide bonds. The number of carboxylic acids is 1. The third-order valence-electron chi connectivity index (χ3n) is 2.16. The molecule has 0 bridgehead atoms. The molecule has 1 heterocycles. The molecule has 2 atom stereocenters. The number of nitrogens with two attached hydrogens (primary N) is 1. The van der Waals surface area contributed by atoms with E-state index in [-0.39, 0.29) is 18.4 Å². The Bertz CT molecular complexity index is 317. The van der Waals surface area contributed by atoms with Crippen LogP contribution in [-0.4, -0.2) is 17.1 Å². The summed E-state index contributed by atoms with van der Waals surface area (Å²) in [5.41, 5.74) is 5.70. The minimum Gasteiger partial charge on any atom is -0.481 e. The van der Waals surface area contributed by atoms with E-state index in [0.29, 0.717) is 5.76 Å². The standard InChI is InChI=1S/C10H15NO3/c1-6-3-4-9(14-6)8(7(2)11)5-10(12)13/h3-4,7-8H,5,11H2,1-2H3,(H,12,13). The molecule has 4 nitrogen and oxygen atoms in total. The van der Waals surface area contributed by atoms with Gasteiger partial charge in [-0.1, -0.05) is 0 Å². The van der Waals surface area contributed by atoms with E-state index in [9.17, 15) is 4.79 Å². The van der Waals surface area contributed by atoms with E-state index in [1.165, 1.54) is 0 Å². The molecule has 0 radical (unpaired) electrons. The molecular weight excluding hydrogens is 182 g/mol. The quantitative estimate of drug-likeness (QED) is 0.766. The summed E-state index contributed by atoms with van der Waals surface area (Å²) < 4.78 is 5.36. The highest BCUT2D eigenvalue weighted by atomic mass is 16.4. The Balaban J connectivity index is 2.82. The van der Waals surface area contributed by atoms with Crippen LogP contribution in [0.4, 0.5) is 0 Å². The van der Waals surface area contributed by atoms with Gasteiger partial charge >= 0.3 is 5.97 Å². The van der Waals surface area contributed by atoms with Crippen LogP contribution in [0, 0.1) is 6.92 Å². The van der Waals surface area contributed by atoms with E-state index >= 15 is 0 Å². The molecule has 0 aliphatic carbocycles. The first-order valence-corrected chi connectivity index (χ1v) is 4.54. The van der Waals surface area contributed by atoms with Crippen LogP contribution in [0.5, 0.6) is 0 Å². The summed E-state index contributed by atoms with van der Waals surface area (Å²) in [5.74, 6) is 0.318. The molecular formula is C10H15NO3. The van der Waals surface area contributed by atoms with Gasteiger partial charge in [-0.15, -0.1) is 0 Å². The Labute approximate surface area is 82.7 Å². The van der Waals surface area contributed by atoms with Gasteiger partial charge in [0.1, 0.15) is 11.5 Å². The third kappa shape index (κ3) is 2.60. The minimum atomic E-state index is -0.860. The van der Waals surface area contributed by atoms with Crippen molar-refractivity contribution in [1.82, 2.24) is 0 Å². The van der Waals surface area contributed by atoms with Gasteiger partial charge in [-0.05, 0) is 26.0 Å². The first-order chi connectivity index (χ1) is 6.50. The molecule has 0 aromatic carbocycles. The maximum atomic E-state index is 10.6. The van der Waals surface area contributed by atoms with E-state index in [1.54, 1.807) is 13.0 Å². The maximum Gasteiger partial charge on any atom is 0.304 e. The lowest BCUT2D eigenvalue weighted by Gasteiger charge is -2.15. The normalized spacial score (nSPS) is 15.1. The van der Waals surface area contributed by atoms with E-state index in [2.05, 4.69) is 0 Å². The van der Waals surface area contributed by atoms with Gasteiger partial charge in [-0.2, -0.15) is 0 Å². The van der Waals surface area contributed by atoms with E-state index in [4.69, 9.17) is 15.3 Å². The lowest BCUT2D eigenvalue weighted by atomic mass is 9.95. The molecule has 14 heavy (non-hydrogen) atoms. The topological polar surface area (TPSA) is 76.5 Å². The minimum absolute atomic E-state index is 0.00458. The van der Waals surface area contributed by atoms with Crippen molar-refractivity contribution in [3.8, 4) is 0 Å². The number of aliphatic carboxylic acids is 1. The van der Waals surface area contributed by atoms with Crippen molar-refractivity contribution in [1.29, 1.82) is 0 Å². The predicted molar refractivity (Wildman–Crippen MR) is 52.1 cm³/mol. The molecule has 0 aliphatic heterocycles. The molecule has 78 valence electrons. The summed E-state index contributed by atoms with van der Waals surface area (Å²) in [6.07, 6.45) is 0.00458. The molecule has 4 heteroatoms. The highest BCUT2D eigenvalue weighted by molar-refractivity contribution is 5.68. The average Bonchev–Trinajstić information content (AvgIpc) is 2.46. The van der Waals surface area contributed by atoms with Crippen LogP contribution < -0.4 is 5.73 Å². The van der Waals surface area contributed by atoms with Gasteiger partial charge in [0.05, 0.1) is 6.42 Å². The summed E-state index contributed by atoms with van der Waals surface area (Å²) in [4.78, 5) is 10.6. The second kappa shape index (κ2) is 4.28. The van der Waals surface area contributed by atoms with Crippen LogP contribution in [0.1, 0.15) is 30.8 Å². The van der Waals surface area contributed by atoms with Gasteiger partial charge in [0.2, 0.25) is 0 Å². The molecule has 0 fully saturated rings. The van der Waals surface area contributed by atoms with Crippen molar-refractivity contribution >= 4 is 5.97 Å². The number of furan rings is 1. The molecule has 1 aromatic heterocycles. The molecule has 2 unspecified atom stereocenters. The van der Waals surface area contributed by atoms with Gasteiger partial charge in [-0.3, -0.25) is 4.79 Å². The molecule has 3 N–H and O–H groups in total. The van der Waals surface area contributed by atoms with Crippen LogP contribution in [-0.2, 0) is 4.79 Å². The van der Waals surface area contributed by atoms with Crippen molar-refractivity contribution in [2.45, 2.75) is 32.2 Å². The van der Waals surface area contributed by atoms with Crippen molar-refractivity contribution in [3.05, 3.63) is 23.7 Å². The molecule has 0 saturated heterocycles. The highest BCUT2D eigenvalue weighted by Crippen LogP contribution is 2.24. The first kappa shape index (κ1) is 10.8. The summed E-state index contributed by atoms with van der Waals surface area (Å²) in [7, 11) is 0. The van der Waals surface area contributed by atoms with Crippen molar-refractivity contribution in [2.24, 2.45) is 5.73 Å². The lowest BCUT2D eigenvalue weighted by molar-refractivity contribution is -0.137. The lowest BCUT2D eigenvalue weighted by Crippen LogP contribution is -2.26. The number of hydrogen-bond donors (Lipinski definition) is 2. The number of aryl methyl sites for hydroxylation is 1. The van der Waals surface area contributed by atoms with Crippen LogP contribution in [0.2, 0.25) is 0 Å². The molecule has 1 rings (SSSR count). The average molecular weight is 197 g/mol. The largest absolute Gasteiger partial charge is 0.481 e. The van der Waals surface area contributed by atoms with Crippen LogP contribution >= 0.6 is 0 Å². The molecule has 1 aromatic rings. The summed E-state index contributed by atoms with van der Waals surface area (Å²) in [5, 5.41) is 8.70. The van der Waals surface area contributed by atoms with E-state index < -0.39 is 5.97 Å². The second-order valence-corrected chi connectivity index (χ2v) is 3.51. The number of hydrogen-bond acceptors (Lipinski definition) is 3. The Morgan fingerprint density at radius 1 is 1.64 bits per heavy atom. The number of carboxylic acid groups (broad SMARTS) is 1.